The van der Waals surface area contributed by atoms with Gasteiger partial charge < -0.3 is 10.0 Å². The number of rotatable bonds is 3. The van der Waals surface area contributed by atoms with Crippen molar-refractivity contribution in [2.75, 3.05) is 18.0 Å². The van der Waals surface area contributed by atoms with E-state index in [0.29, 0.717) is 5.92 Å². The first-order valence-electron chi connectivity index (χ1n) is 6.22. The number of aliphatic hydroxyl groups is 1. The van der Waals surface area contributed by atoms with Gasteiger partial charge in [0.05, 0.1) is 6.61 Å². The SMILES string of the molecule is CC(C)c1cc(CO)cc(N2CC=CCC2)n1. The third kappa shape index (κ3) is 2.86. The average Bonchev–Trinajstić information content (AvgIpc) is 2.39. The van der Waals surface area contributed by atoms with Gasteiger partial charge in [0.25, 0.3) is 0 Å². The van der Waals surface area contributed by atoms with Crippen LogP contribution in [-0.4, -0.2) is 23.2 Å². The molecule has 0 bridgehead atoms. The summed E-state index contributed by atoms with van der Waals surface area (Å²) in [6.45, 7) is 6.26. The van der Waals surface area contributed by atoms with Crippen LogP contribution in [0.3, 0.4) is 0 Å². The van der Waals surface area contributed by atoms with Gasteiger partial charge in [-0.15, -0.1) is 0 Å². The van der Waals surface area contributed by atoms with Crippen molar-refractivity contribution in [3.8, 4) is 0 Å². The zero-order valence-electron chi connectivity index (χ0n) is 10.6. The summed E-state index contributed by atoms with van der Waals surface area (Å²) in [6.07, 6.45) is 5.45. The Hall–Kier alpha value is -1.35. The summed E-state index contributed by atoms with van der Waals surface area (Å²) in [5.74, 6) is 1.38. The van der Waals surface area contributed by atoms with Gasteiger partial charge in [0, 0.05) is 18.8 Å². The second kappa shape index (κ2) is 5.32. The highest BCUT2D eigenvalue weighted by atomic mass is 16.3. The lowest BCUT2D eigenvalue weighted by molar-refractivity contribution is 0.281. The van der Waals surface area contributed by atoms with Crippen LogP contribution in [0.15, 0.2) is 24.3 Å². The van der Waals surface area contributed by atoms with Crippen molar-refractivity contribution in [1.82, 2.24) is 4.98 Å². The molecule has 0 unspecified atom stereocenters. The van der Waals surface area contributed by atoms with Crippen molar-refractivity contribution in [2.45, 2.75) is 32.8 Å². The molecule has 3 heteroatoms. The van der Waals surface area contributed by atoms with Gasteiger partial charge in [-0.1, -0.05) is 26.0 Å². The van der Waals surface area contributed by atoms with Gasteiger partial charge in [-0.25, -0.2) is 4.98 Å². The van der Waals surface area contributed by atoms with Gasteiger partial charge in [-0.05, 0) is 30.0 Å². The van der Waals surface area contributed by atoms with E-state index in [1.165, 1.54) is 0 Å². The number of hydrogen-bond donors (Lipinski definition) is 1. The Morgan fingerprint density at radius 1 is 1.35 bits per heavy atom. The first-order valence-corrected chi connectivity index (χ1v) is 6.22. The van der Waals surface area contributed by atoms with E-state index in [9.17, 15) is 5.11 Å². The van der Waals surface area contributed by atoms with Crippen LogP contribution >= 0.6 is 0 Å². The van der Waals surface area contributed by atoms with Crippen molar-refractivity contribution in [3.05, 3.63) is 35.5 Å². The molecule has 2 rings (SSSR count). The molecular weight excluding hydrogens is 212 g/mol. The van der Waals surface area contributed by atoms with Crippen LogP contribution in [0.2, 0.25) is 0 Å². The maximum absolute atomic E-state index is 9.31. The second-order valence-corrected chi connectivity index (χ2v) is 4.78. The zero-order chi connectivity index (χ0) is 12.3. The highest BCUT2D eigenvalue weighted by Gasteiger charge is 2.12. The van der Waals surface area contributed by atoms with Gasteiger partial charge >= 0.3 is 0 Å². The largest absolute Gasteiger partial charge is 0.392 e. The zero-order valence-corrected chi connectivity index (χ0v) is 10.6. The normalized spacial score (nSPS) is 15.6. The lowest BCUT2D eigenvalue weighted by atomic mass is 10.1. The quantitative estimate of drug-likeness (QED) is 0.813. The predicted molar refractivity (Wildman–Crippen MR) is 70.2 cm³/mol. The molecule has 0 fully saturated rings. The molecule has 1 aliphatic rings. The van der Waals surface area contributed by atoms with Crippen LogP contribution in [0.4, 0.5) is 5.82 Å². The van der Waals surface area contributed by atoms with Crippen molar-refractivity contribution < 1.29 is 5.11 Å². The summed E-state index contributed by atoms with van der Waals surface area (Å²) in [6, 6.07) is 3.99. The number of anilines is 1. The predicted octanol–water partition coefficient (Wildman–Crippen LogP) is 2.46. The summed E-state index contributed by atoms with van der Waals surface area (Å²) in [4.78, 5) is 6.94. The summed E-state index contributed by atoms with van der Waals surface area (Å²) >= 11 is 0. The van der Waals surface area contributed by atoms with E-state index in [-0.39, 0.29) is 6.61 Å². The maximum Gasteiger partial charge on any atom is 0.129 e. The standard InChI is InChI=1S/C14H20N2O/c1-11(2)13-8-12(10-17)9-14(15-13)16-6-4-3-5-7-16/h3-4,8-9,11,17H,5-7,10H2,1-2H3. The molecule has 0 saturated heterocycles. The minimum absolute atomic E-state index is 0.0823. The molecule has 2 heterocycles. The third-order valence-corrected chi connectivity index (χ3v) is 3.05. The highest BCUT2D eigenvalue weighted by molar-refractivity contribution is 5.44. The molecule has 0 spiro atoms. The van der Waals surface area contributed by atoms with Gasteiger partial charge in [-0.2, -0.15) is 0 Å². The van der Waals surface area contributed by atoms with Gasteiger partial charge in [0.15, 0.2) is 0 Å². The van der Waals surface area contributed by atoms with Crippen molar-refractivity contribution in [3.63, 3.8) is 0 Å². The summed E-state index contributed by atoms with van der Waals surface area (Å²) in [5, 5.41) is 9.31. The summed E-state index contributed by atoms with van der Waals surface area (Å²) < 4.78 is 0. The van der Waals surface area contributed by atoms with E-state index in [2.05, 4.69) is 35.9 Å². The monoisotopic (exact) mass is 232 g/mol. The highest BCUT2D eigenvalue weighted by Crippen LogP contribution is 2.21. The Labute approximate surface area is 103 Å². The summed E-state index contributed by atoms with van der Waals surface area (Å²) in [5.41, 5.74) is 2.01. The van der Waals surface area contributed by atoms with Crippen molar-refractivity contribution >= 4 is 5.82 Å². The minimum Gasteiger partial charge on any atom is -0.392 e. The molecule has 1 N–H and O–H groups in total. The second-order valence-electron chi connectivity index (χ2n) is 4.78. The topological polar surface area (TPSA) is 36.4 Å². The van der Waals surface area contributed by atoms with Crippen LogP contribution < -0.4 is 4.90 Å². The van der Waals surface area contributed by atoms with Crippen LogP contribution in [-0.2, 0) is 6.61 Å². The Bertz CT molecular complexity index is 413. The third-order valence-electron chi connectivity index (χ3n) is 3.05. The Kier molecular flexibility index (Phi) is 3.79. The van der Waals surface area contributed by atoms with E-state index in [1.54, 1.807) is 0 Å². The number of pyridine rings is 1. The molecule has 1 aromatic heterocycles. The van der Waals surface area contributed by atoms with Gasteiger partial charge in [0.1, 0.15) is 5.82 Å². The Morgan fingerprint density at radius 2 is 2.18 bits per heavy atom. The first kappa shape index (κ1) is 12.1. The van der Waals surface area contributed by atoms with E-state index >= 15 is 0 Å². The fourth-order valence-corrected chi connectivity index (χ4v) is 1.99. The fraction of sp³-hybridized carbons (Fsp3) is 0.500. The molecular formula is C14H20N2O. The lowest BCUT2D eigenvalue weighted by Crippen LogP contribution is -2.28. The number of aromatic nitrogens is 1. The van der Waals surface area contributed by atoms with E-state index in [1.807, 2.05) is 12.1 Å². The van der Waals surface area contributed by atoms with Crippen LogP contribution in [0, 0.1) is 0 Å². The molecule has 92 valence electrons. The molecule has 1 aliphatic heterocycles. The minimum atomic E-state index is 0.0823. The molecule has 0 radical (unpaired) electrons. The molecule has 3 nitrogen and oxygen atoms in total. The van der Waals surface area contributed by atoms with Gasteiger partial charge in [-0.3, -0.25) is 0 Å². The molecule has 1 aromatic rings. The fourth-order valence-electron chi connectivity index (χ4n) is 1.99. The van der Waals surface area contributed by atoms with E-state index in [4.69, 9.17) is 0 Å². The van der Waals surface area contributed by atoms with Crippen LogP contribution in [0.5, 0.6) is 0 Å². The Balaban J connectivity index is 2.31. The van der Waals surface area contributed by atoms with Crippen LogP contribution in [0.25, 0.3) is 0 Å². The van der Waals surface area contributed by atoms with E-state index < -0.39 is 0 Å². The smallest absolute Gasteiger partial charge is 0.129 e. The molecule has 0 aliphatic carbocycles. The van der Waals surface area contributed by atoms with Crippen molar-refractivity contribution in [1.29, 1.82) is 0 Å². The molecule has 0 atom stereocenters. The Morgan fingerprint density at radius 3 is 2.76 bits per heavy atom. The van der Waals surface area contributed by atoms with Crippen LogP contribution in [0.1, 0.15) is 37.4 Å². The molecule has 0 aromatic carbocycles. The molecule has 0 amide bonds. The molecule has 17 heavy (non-hydrogen) atoms. The maximum atomic E-state index is 9.31. The molecule has 0 saturated carbocycles. The van der Waals surface area contributed by atoms with Crippen molar-refractivity contribution in [2.24, 2.45) is 0 Å². The average molecular weight is 232 g/mol. The van der Waals surface area contributed by atoms with E-state index in [0.717, 1.165) is 36.6 Å². The number of nitrogens with zero attached hydrogens (tertiary/aromatic N) is 2. The summed E-state index contributed by atoms with van der Waals surface area (Å²) in [7, 11) is 0. The lowest BCUT2D eigenvalue weighted by Gasteiger charge is -2.25. The first-order chi connectivity index (χ1) is 8.20. The van der Waals surface area contributed by atoms with Gasteiger partial charge in [0.2, 0.25) is 0 Å². The number of aliphatic hydroxyl groups excluding tert-OH is 1. The number of hydrogen-bond acceptors (Lipinski definition) is 3.